The highest BCUT2D eigenvalue weighted by Crippen LogP contribution is 2.06. The monoisotopic (exact) mass is 280 g/mol. The molecule has 4 nitrogen and oxygen atoms in total. The molecular weight excluding hydrogens is 256 g/mol. The molecule has 0 fully saturated rings. The van der Waals surface area contributed by atoms with E-state index in [0.717, 1.165) is 38.5 Å². The van der Waals surface area contributed by atoms with Crippen molar-refractivity contribution in [3.8, 4) is 0 Å². The molecule has 0 aromatic carbocycles. The number of allylic oxidation sites excluding steroid dienone is 2. The molecule has 0 aromatic rings. The summed E-state index contributed by atoms with van der Waals surface area (Å²) in [6.45, 7) is 0.814. The topological polar surface area (TPSA) is 52.6 Å². The normalized spacial score (nSPS) is 24.6. The van der Waals surface area contributed by atoms with Crippen LogP contribution in [0.1, 0.15) is 38.5 Å². The van der Waals surface area contributed by atoms with Crippen molar-refractivity contribution >= 4 is 11.6 Å². The Morgan fingerprint density at radius 3 is 1.60 bits per heavy atom. The molecule has 0 aliphatic carbocycles. The second-order valence-electron chi connectivity index (χ2n) is 4.83. The highest BCUT2D eigenvalue weighted by atomic mass is 16.5. The average Bonchev–Trinajstić information content (AvgIpc) is 2.43. The number of ether oxygens (including phenoxy) is 2. The van der Waals surface area contributed by atoms with Crippen molar-refractivity contribution in [1.29, 1.82) is 0 Å². The van der Waals surface area contributed by atoms with Gasteiger partial charge >= 0.3 is 0 Å². The van der Waals surface area contributed by atoms with Crippen molar-refractivity contribution in [1.82, 2.24) is 0 Å². The zero-order valence-electron chi connectivity index (χ0n) is 12.0. The van der Waals surface area contributed by atoms with Crippen LogP contribution in [0.4, 0.5) is 0 Å². The van der Waals surface area contributed by atoms with Crippen molar-refractivity contribution in [2.24, 2.45) is 0 Å². The third kappa shape index (κ3) is 9.64. The Morgan fingerprint density at radius 2 is 1.15 bits per heavy atom. The minimum atomic E-state index is -0.0230. The molecule has 20 heavy (non-hydrogen) atoms. The fourth-order valence-electron chi connectivity index (χ4n) is 1.87. The van der Waals surface area contributed by atoms with Crippen LogP contribution in [0.15, 0.2) is 24.3 Å². The summed E-state index contributed by atoms with van der Waals surface area (Å²) in [4.78, 5) is 22.8. The number of hydrogen-bond acceptors (Lipinski definition) is 4. The van der Waals surface area contributed by atoms with E-state index in [-0.39, 0.29) is 24.8 Å². The number of hydrogen-bond donors (Lipinski definition) is 0. The lowest BCUT2D eigenvalue weighted by molar-refractivity contribution is -0.122. The van der Waals surface area contributed by atoms with E-state index < -0.39 is 0 Å². The Labute approximate surface area is 120 Å². The van der Waals surface area contributed by atoms with E-state index in [1.54, 1.807) is 12.2 Å². The van der Waals surface area contributed by atoms with Crippen molar-refractivity contribution in [2.45, 2.75) is 38.5 Å². The molecule has 0 N–H and O–H groups in total. The van der Waals surface area contributed by atoms with Crippen LogP contribution in [-0.2, 0) is 19.1 Å². The first-order chi connectivity index (χ1) is 9.79. The van der Waals surface area contributed by atoms with Crippen LogP contribution in [0.3, 0.4) is 0 Å². The average molecular weight is 280 g/mol. The summed E-state index contributed by atoms with van der Waals surface area (Å²) in [5.41, 5.74) is 0. The van der Waals surface area contributed by atoms with Gasteiger partial charge in [0.1, 0.15) is 13.2 Å². The second kappa shape index (κ2) is 11.6. The van der Waals surface area contributed by atoms with E-state index in [1.807, 2.05) is 12.2 Å². The third-order valence-electron chi connectivity index (χ3n) is 2.96. The van der Waals surface area contributed by atoms with Crippen LogP contribution in [0, 0.1) is 0 Å². The summed E-state index contributed by atoms with van der Waals surface area (Å²) in [6, 6.07) is 0. The quantitative estimate of drug-likeness (QED) is 0.684. The van der Waals surface area contributed by atoms with Gasteiger partial charge < -0.3 is 9.47 Å². The van der Waals surface area contributed by atoms with Gasteiger partial charge in [-0.1, -0.05) is 25.0 Å². The predicted octanol–water partition coefficient (Wildman–Crippen LogP) is 2.62. The molecule has 0 radical (unpaired) electrons. The van der Waals surface area contributed by atoms with Gasteiger partial charge in [0.2, 0.25) is 0 Å². The molecule has 1 rings (SSSR count). The lowest BCUT2D eigenvalue weighted by Crippen LogP contribution is -2.13. The van der Waals surface area contributed by atoms with Crippen molar-refractivity contribution in [3.63, 3.8) is 0 Å². The van der Waals surface area contributed by atoms with Crippen LogP contribution < -0.4 is 0 Å². The molecule has 1 aliphatic rings. The van der Waals surface area contributed by atoms with Gasteiger partial charge in [0.15, 0.2) is 11.6 Å². The number of rotatable bonds is 0. The fraction of sp³-hybridized carbons (Fsp3) is 0.625. The zero-order chi connectivity index (χ0) is 14.5. The first-order valence-electron chi connectivity index (χ1n) is 7.33. The highest BCUT2D eigenvalue weighted by Gasteiger charge is 1.99. The van der Waals surface area contributed by atoms with Crippen LogP contribution >= 0.6 is 0 Å². The van der Waals surface area contributed by atoms with Crippen molar-refractivity contribution in [3.05, 3.63) is 24.3 Å². The van der Waals surface area contributed by atoms with Crippen molar-refractivity contribution < 1.29 is 19.1 Å². The molecule has 0 spiro atoms. The number of ketones is 2. The minimum absolute atomic E-state index is 0.0230. The summed E-state index contributed by atoms with van der Waals surface area (Å²) >= 11 is 0. The maximum atomic E-state index is 11.4. The predicted molar refractivity (Wildman–Crippen MR) is 77.6 cm³/mol. The molecule has 0 unspecified atom stereocenters. The van der Waals surface area contributed by atoms with Gasteiger partial charge in [-0.2, -0.15) is 0 Å². The molecule has 0 aromatic heterocycles. The first kappa shape index (κ1) is 16.8. The van der Waals surface area contributed by atoms with E-state index in [4.69, 9.17) is 9.47 Å². The zero-order valence-corrected chi connectivity index (χ0v) is 12.0. The number of carbonyl (C=O) groups excluding carboxylic acids is 2. The number of carbonyl (C=O) groups is 2. The molecule has 4 heteroatoms. The SMILES string of the molecule is O=C1/C=C/CCCCCC/C=C/C(=O)COCCOC1. The van der Waals surface area contributed by atoms with Gasteiger partial charge in [0.05, 0.1) is 13.2 Å². The Morgan fingerprint density at radius 1 is 0.700 bits per heavy atom. The molecule has 0 saturated heterocycles. The van der Waals surface area contributed by atoms with Gasteiger partial charge in [-0.25, -0.2) is 0 Å². The minimum Gasteiger partial charge on any atom is -0.371 e. The molecule has 1 heterocycles. The highest BCUT2D eigenvalue weighted by molar-refractivity contribution is 5.91. The van der Waals surface area contributed by atoms with Gasteiger partial charge in [-0.3, -0.25) is 9.59 Å². The Hall–Kier alpha value is -1.26. The maximum absolute atomic E-state index is 11.4. The standard InChI is InChI=1S/C16H24O4/c17-15-9-7-5-3-1-2-4-6-8-10-16(18)14-20-12-11-19-13-15/h7-10H,1-6,11-14H2/b9-7+,10-8+. The van der Waals surface area contributed by atoms with Gasteiger partial charge in [-0.05, 0) is 37.8 Å². The van der Waals surface area contributed by atoms with Crippen LogP contribution in [-0.4, -0.2) is 38.0 Å². The summed E-state index contributed by atoms with van der Waals surface area (Å²) in [7, 11) is 0. The maximum Gasteiger partial charge on any atom is 0.180 e. The lowest BCUT2D eigenvalue weighted by atomic mass is 10.1. The summed E-state index contributed by atoms with van der Waals surface area (Å²) in [5, 5.41) is 0. The van der Waals surface area contributed by atoms with Crippen LogP contribution in [0.2, 0.25) is 0 Å². The largest absolute Gasteiger partial charge is 0.371 e. The molecule has 0 amide bonds. The van der Waals surface area contributed by atoms with Gasteiger partial charge in [-0.15, -0.1) is 0 Å². The molecule has 0 saturated carbocycles. The Balaban J connectivity index is 2.32. The molecule has 112 valence electrons. The lowest BCUT2D eigenvalue weighted by Gasteiger charge is -2.03. The Kier molecular flexibility index (Phi) is 9.70. The first-order valence-corrected chi connectivity index (χ1v) is 7.33. The third-order valence-corrected chi connectivity index (χ3v) is 2.96. The van der Waals surface area contributed by atoms with E-state index in [0.29, 0.717) is 13.2 Å². The van der Waals surface area contributed by atoms with E-state index in [9.17, 15) is 9.59 Å². The van der Waals surface area contributed by atoms with Crippen LogP contribution in [0.5, 0.6) is 0 Å². The summed E-state index contributed by atoms with van der Waals surface area (Å²) < 4.78 is 10.3. The summed E-state index contributed by atoms with van der Waals surface area (Å²) in [5.74, 6) is -0.0461. The smallest absolute Gasteiger partial charge is 0.180 e. The van der Waals surface area contributed by atoms with E-state index in [2.05, 4.69) is 0 Å². The molecule has 0 atom stereocenters. The molecule has 0 bridgehead atoms. The van der Waals surface area contributed by atoms with Crippen LogP contribution in [0.25, 0.3) is 0 Å². The second-order valence-corrected chi connectivity index (χ2v) is 4.83. The fourth-order valence-corrected chi connectivity index (χ4v) is 1.87. The Bertz CT molecular complexity index is 310. The van der Waals surface area contributed by atoms with Gasteiger partial charge in [0, 0.05) is 0 Å². The molecule has 1 aliphatic heterocycles. The molecular formula is C16H24O4. The van der Waals surface area contributed by atoms with Crippen molar-refractivity contribution in [2.75, 3.05) is 26.4 Å². The van der Waals surface area contributed by atoms with E-state index in [1.165, 1.54) is 0 Å². The van der Waals surface area contributed by atoms with E-state index >= 15 is 0 Å². The summed E-state index contributed by atoms with van der Waals surface area (Å²) in [6.07, 6.45) is 13.4. The van der Waals surface area contributed by atoms with Gasteiger partial charge in [0.25, 0.3) is 0 Å².